The molecule has 3 nitrogen and oxygen atoms in total. The third-order valence-electron chi connectivity index (χ3n) is 3.74. The molecule has 2 atom stereocenters. The third-order valence-corrected chi connectivity index (χ3v) is 4.52. The lowest BCUT2D eigenvalue weighted by Gasteiger charge is -2.37. The van der Waals surface area contributed by atoms with Crippen molar-refractivity contribution >= 4 is 21.7 Å². The predicted octanol–water partition coefficient (Wildman–Crippen LogP) is 2.78. The number of ether oxygens (including phenoxy) is 2. The van der Waals surface area contributed by atoms with Crippen LogP contribution in [0.1, 0.15) is 24.3 Å². The lowest BCUT2D eigenvalue weighted by Crippen LogP contribution is -2.45. The molecule has 0 N–H and O–H groups in total. The van der Waals surface area contributed by atoms with Crippen LogP contribution in [0, 0.1) is 5.82 Å². The summed E-state index contributed by atoms with van der Waals surface area (Å²) in [6.07, 6.45) is 1.03. The van der Waals surface area contributed by atoms with Crippen molar-refractivity contribution in [2.75, 3.05) is 13.2 Å². The molecule has 1 saturated carbocycles. The number of benzene rings is 1. The summed E-state index contributed by atoms with van der Waals surface area (Å²) < 4.78 is 24.4. The number of halogens is 2. The molecule has 1 heterocycles. The minimum absolute atomic E-state index is 0.108. The van der Waals surface area contributed by atoms with E-state index in [0.717, 1.165) is 5.56 Å². The summed E-state index contributed by atoms with van der Waals surface area (Å²) in [6, 6.07) is 6.07. The second-order valence-electron chi connectivity index (χ2n) is 4.99. The molecule has 1 spiro atoms. The van der Waals surface area contributed by atoms with Crippen molar-refractivity contribution in [1.82, 2.24) is 0 Å². The molecule has 19 heavy (non-hydrogen) atoms. The van der Waals surface area contributed by atoms with Crippen LogP contribution in [0.5, 0.6) is 0 Å². The van der Waals surface area contributed by atoms with Crippen LogP contribution in [0.25, 0.3) is 0 Å². The van der Waals surface area contributed by atoms with Gasteiger partial charge in [0.05, 0.1) is 18.0 Å². The molecule has 1 aromatic rings. The Morgan fingerprint density at radius 3 is 2.42 bits per heavy atom. The van der Waals surface area contributed by atoms with Gasteiger partial charge in [0.2, 0.25) is 0 Å². The van der Waals surface area contributed by atoms with Gasteiger partial charge in [-0.1, -0.05) is 28.1 Å². The van der Waals surface area contributed by atoms with Gasteiger partial charge < -0.3 is 9.47 Å². The second-order valence-corrected chi connectivity index (χ2v) is 6.10. The first-order valence-electron chi connectivity index (χ1n) is 6.31. The van der Waals surface area contributed by atoms with E-state index in [0.29, 0.717) is 26.1 Å². The maximum Gasteiger partial charge on any atom is 0.171 e. The molecule has 1 aromatic carbocycles. The Morgan fingerprint density at radius 1 is 1.16 bits per heavy atom. The van der Waals surface area contributed by atoms with Crippen molar-refractivity contribution in [3.8, 4) is 0 Å². The summed E-state index contributed by atoms with van der Waals surface area (Å²) in [4.78, 5) is 12.0. The Hall–Kier alpha value is -0.780. The van der Waals surface area contributed by atoms with Gasteiger partial charge >= 0.3 is 0 Å². The summed E-state index contributed by atoms with van der Waals surface area (Å²) in [5, 5.41) is 0. The largest absolute Gasteiger partial charge is 0.347 e. The van der Waals surface area contributed by atoms with Crippen LogP contribution in [0.15, 0.2) is 24.3 Å². The highest BCUT2D eigenvalue weighted by molar-refractivity contribution is 9.10. The van der Waals surface area contributed by atoms with Crippen LogP contribution in [-0.2, 0) is 14.3 Å². The van der Waals surface area contributed by atoms with E-state index in [1.807, 2.05) is 0 Å². The Kier molecular flexibility index (Phi) is 3.45. The Bertz CT molecular complexity index is 482. The van der Waals surface area contributed by atoms with Crippen LogP contribution in [0.3, 0.4) is 0 Å². The first-order chi connectivity index (χ1) is 9.10. The van der Waals surface area contributed by atoms with Crippen molar-refractivity contribution in [2.24, 2.45) is 0 Å². The number of Topliss-reactive ketones (excluding diaryl/α,β-unsaturated/α-hetero) is 1. The van der Waals surface area contributed by atoms with Crippen LogP contribution in [0.4, 0.5) is 4.39 Å². The topological polar surface area (TPSA) is 35.5 Å². The van der Waals surface area contributed by atoms with Gasteiger partial charge in [-0.05, 0) is 17.7 Å². The molecule has 0 aromatic heterocycles. The van der Waals surface area contributed by atoms with Gasteiger partial charge in [-0.15, -0.1) is 0 Å². The van der Waals surface area contributed by atoms with Crippen molar-refractivity contribution in [3.05, 3.63) is 35.6 Å². The van der Waals surface area contributed by atoms with Crippen LogP contribution < -0.4 is 0 Å². The number of ketones is 1. The molecule has 3 rings (SSSR count). The summed E-state index contributed by atoms with van der Waals surface area (Å²) in [7, 11) is 0. The maximum atomic E-state index is 13.0. The number of hydrogen-bond donors (Lipinski definition) is 0. The molecule has 102 valence electrons. The van der Waals surface area contributed by atoms with E-state index in [9.17, 15) is 9.18 Å². The standard InChI is InChI=1S/C14H14BrFO3/c15-12-8-14(18-5-6-19-14)7-11(13(12)17)9-1-3-10(16)4-2-9/h1-4,11-12H,5-8H2. The first kappa shape index (κ1) is 13.2. The maximum absolute atomic E-state index is 13.0. The van der Waals surface area contributed by atoms with E-state index in [1.54, 1.807) is 12.1 Å². The van der Waals surface area contributed by atoms with Crippen molar-refractivity contribution in [2.45, 2.75) is 29.4 Å². The van der Waals surface area contributed by atoms with Gasteiger partial charge in [-0.25, -0.2) is 4.39 Å². The minimum Gasteiger partial charge on any atom is -0.347 e. The molecule has 2 unspecified atom stereocenters. The Labute approximate surface area is 119 Å². The third kappa shape index (κ3) is 2.47. The van der Waals surface area contributed by atoms with E-state index in [1.165, 1.54) is 12.1 Å². The summed E-state index contributed by atoms with van der Waals surface area (Å²) in [5.41, 5.74) is 0.814. The lowest BCUT2D eigenvalue weighted by atomic mass is 9.79. The Balaban J connectivity index is 1.90. The zero-order chi connectivity index (χ0) is 13.5. The van der Waals surface area contributed by atoms with Gasteiger partial charge in [0, 0.05) is 18.8 Å². The molecule has 2 aliphatic rings. The molecular weight excluding hydrogens is 315 g/mol. The number of hydrogen-bond acceptors (Lipinski definition) is 3. The summed E-state index contributed by atoms with van der Waals surface area (Å²) >= 11 is 3.41. The van der Waals surface area contributed by atoms with E-state index in [4.69, 9.17) is 9.47 Å². The van der Waals surface area contributed by atoms with Gasteiger partial charge in [0.1, 0.15) is 5.82 Å². The number of alkyl halides is 1. The van der Waals surface area contributed by atoms with Crippen molar-refractivity contribution in [1.29, 1.82) is 0 Å². The van der Waals surface area contributed by atoms with Gasteiger partial charge in [0.15, 0.2) is 11.6 Å². The van der Waals surface area contributed by atoms with E-state index >= 15 is 0 Å². The highest BCUT2D eigenvalue weighted by Crippen LogP contribution is 2.43. The molecule has 0 amide bonds. The predicted molar refractivity (Wildman–Crippen MR) is 70.7 cm³/mol. The molecule has 2 fully saturated rings. The lowest BCUT2D eigenvalue weighted by molar-refractivity contribution is -0.181. The van der Waals surface area contributed by atoms with Crippen LogP contribution in [-0.4, -0.2) is 29.6 Å². The monoisotopic (exact) mass is 328 g/mol. The van der Waals surface area contributed by atoms with Gasteiger partial charge in [-0.3, -0.25) is 4.79 Å². The number of carbonyl (C=O) groups is 1. The number of carbonyl (C=O) groups excluding carboxylic acids is 1. The molecule has 0 radical (unpaired) electrons. The van der Waals surface area contributed by atoms with Crippen molar-refractivity contribution < 1.29 is 18.7 Å². The van der Waals surface area contributed by atoms with Gasteiger partial charge in [-0.2, -0.15) is 0 Å². The normalized spacial score (nSPS) is 29.9. The van der Waals surface area contributed by atoms with Crippen LogP contribution >= 0.6 is 15.9 Å². The highest BCUT2D eigenvalue weighted by atomic mass is 79.9. The molecule has 5 heteroatoms. The first-order valence-corrected chi connectivity index (χ1v) is 7.22. The summed E-state index contributed by atoms with van der Waals surface area (Å²) in [5.74, 6) is -1.17. The quantitative estimate of drug-likeness (QED) is 0.744. The average Bonchev–Trinajstić information content (AvgIpc) is 2.83. The van der Waals surface area contributed by atoms with E-state index in [2.05, 4.69) is 15.9 Å². The fourth-order valence-electron chi connectivity index (χ4n) is 2.80. The Morgan fingerprint density at radius 2 is 1.79 bits per heavy atom. The highest BCUT2D eigenvalue weighted by Gasteiger charge is 2.48. The van der Waals surface area contributed by atoms with Gasteiger partial charge in [0.25, 0.3) is 0 Å². The zero-order valence-electron chi connectivity index (χ0n) is 10.3. The fraction of sp³-hybridized carbons (Fsp3) is 0.500. The van der Waals surface area contributed by atoms with E-state index in [-0.39, 0.29) is 22.3 Å². The average molecular weight is 329 g/mol. The molecule has 0 bridgehead atoms. The molecule has 1 aliphatic carbocycles. The summed E-state index contributed by atoms with van der Waals surface area (Å²) in [6.45, 7) is 1.12. The second kappa shape index (κ2) is 4.96. The fourth-order valence-corrected chi connectivity index (χ4v) is 3.61. The SMILES string of the molecule is O=C1C(Br)CC2(CC1c1ccc(F)cc1)OCCO2. The smallest absolute Gasteiger partial charge is 0.171 e. The minimum atomic E-state index is -0.666. The molecular formula is C14H14BrFO3. The number of rotatable bonds is 1. The molecule has 1 saturated heterocycles. The van der Waals surface area contributed by atoms with E-state index < -0.39 is 5.79 Å². The van der Waals surface area contributed by atoms with Crippen molar-refractivity contribution in [3.63, 3.8) is 0 Å². The molecule has 1 aliphatic heterocycles. The zero-order valence-corrected chi connectivity index (χ0v) is 11.9. The van der Waals surface area contributed by atoms with Crippen LogP contribution in [0.2, 0.25) is 0 Å².